The zero-order valence-electron chi connectivity index (χ0n) is 18.7. The molecule has 3 fully saturated rings. The van der Waals surface area contributed by atoms with Gasteiger partial charge in [0.05, 0.1) is 12.3 Å². The number of esters is 1. The highest BCUT2D eigenvalue weighted by molar-refractivity contribution is 6.74. The third-order valence-electron chi connectivity index (χ3n) is 8.14. The van der Waals surface area contributed by atoms with Crippen molar-refractivity contribution in [1.29, 1.82) is 0 Å². The molecular weight excluding hydrogens is 398 g/mol. The smallest absolute Gasteiger partial charge is 0.348 e. The van der Waals surface area contributed by atoms with E-state index in [9.17, 15) is 9.59 Å². The first kappa shape index (κ1) is 20.2. The molecule has 3 aliphatic heterocycles. The molecule has 1 aromatic carbocycles. The third kappa shape index (κ3) is 2.02. The SMILES string of the molecule is CCOC(=O)[C@@]12C[C@@H]3CCC4(O[Si](C)(C)C(C)(C)C)c5ccccc5N(C1=O)[C@@]34O2. The molecule has 3 heterocycles. The predicted octanol–water partition coefficient (Wildman–Crippen LogP) is 4.09. The monoisotopic (exact) mass is 429 g/mol. The van der Waals surface area contributed by atoms with E-state index in [-0.39, 0.29) is 23.5 Å². The van der Waals surface area contributed by atoms with Crippen LogP contribution in [0.25, 0.3) is 0 Å². The van der Waals surface area contributed by atoms with Crippen LogP contribution in [-0.2, 0) is 29.1 Å². The largest absolute Gasteiger partial charge is 0.463 e. The van der Waals surface area contributed by atoms with Gasteiger partial charge in [-0.3, -0.25) is 9.69 Å². The number of nitrogens with zero attached hydrogens (tertiary/aromatic N) is 1. The van der Waals surface area contributed by atoms with E-state index < -0.39 is 31.2 Å². The molecule has 30 heavy (non-hydrogen) atoms. The summed E-state index contributed by atoms with van der Waals surface area (Å²) in [6.07, 6.45) is 2.01. The number of para-hydroxylation sites is 1. The number of amides is 1. The average molecular weight is 430 g/mol. The summed E-state index contributed by atoms with van der Waals surface area (Å²) >= 11 is 0. The molecule has 4 aliphatic rings. The Morgan fingerprint density at radius 2 is 2.00 bits per heavy atom. The Labute approximate surface area is 179 Å². The van der Waals surface area contributed by atoms with Crippen molar-refractivity contribution in [2.24, 2.45) is 5.92 Å². The lowest BCUT2D eigenvalue weighted by molar-refractivity contribution is -0.185. The number of rotatable bonds is 4. The Bertz CT molecular complexity index is 955. The normalized spacial score (nSPS) is 36.3. The lowest BCUT2D eigenvalue weighted by atomic mass is 9.82. The van der Waals surface area contributed by atoms with E-state index in [4.69, 9.17) is 13.9 Å². The van der Waals surface area contributed by atoms with Gasteiger partial charge >= 0.3 is 5.97 Å². The van der Waals surface area contributed by atoms with E-state index in [0.717, 1.165) is 24.1 Å². The Balaban J connectivity index is 1.72. The number of ether oxygens (including phenoxy) is 2. The van der Waals surface area contributed by atoms with Crippen molar-refractivity contribution >= 4 is 25.9 Å². The average Bonchev–Trinajstić information content (AvgIpc) is 3.30. The Morgan fingerprint density at radius 1 is 1.30 bits per heavy atom. The first-order valence-corrected chi connectivity index (χ1v) is 13.9. The predicted molar refractivity (Wildman–Crippen MR) is 114 cm³/mol. The fraction of sp³-hybridized carbons (Fsp3) is 0.652. The van der Waals surface area contributed by atoms with Crippen LogP contribution in [0.3, 0.4) is 0 Å². The summed E-state index contributed by atoms with van der Waals surface area (Å²) in [4.78, 5) is 28.5. The molecule has 2 bridgehead atoms. The zero-order valence-corrected chi connectivity index (χ0v) is 19.7. The number of anilines is 1. The van der Waals surface area contributed by atoms with Crippen molar-refractivity contribution in [2.75, 3.05) is 11.5 Å². The fourth-order valence-electron chi connectivity index (χ4n) is 5.87. The van der Waals surface area contributed by atoms with Gasteiger partial charge in [-0.05, 0) is 44.0 Å². The van der Waals surface area contributed by atoms with E-state index in [1.807, 2.05) is 18.2 Å². The molecule has 0 radical (unpaired) electrons. The number of fused-ring (bicyclic) bond motifs is 4. The Morgan fingerprint density at radius 3 is 2.67 bits per heavy atom. The first-order valence-electron chi connectivity index (χ1n) is 11.0. The minimum atomic E-state index is -2.23. The summed E-state index contributed by atoms with van der Waals surface area (Å²) in [5, 5.41) is -0.00170. The van der Waals surface area contributed by atoms with E-state index in [1.54, 1.807) is 11.8 Å². The van der Waals surface area contributed by atoms with Crippen LogP contribution >= 0.6 is 0 Å². The summed E-state index contributed by atoms with van der Waals surface area (Å²) in [5.41, 5.74) is -1.42. The van der Waals surface area contributed by atoms with Gasteiger partial charge in [0.1, 0.15) is 5.60 Å². The highest BCUT2D eigenvalue weighted by Gasteiger charge is 2.86. The van der Waals surface area contributed by atoms with Gasteiger partial charge in [-0.25, -0.2) is 4.79 Å². The lowest BCUT2D eigenvalue weighted by Gasteiger charge is -2.48. The van der Waals surface area contributed by atoms with Gasteiger partial charge in [-0.1, -0.05) is 39.0 Å². The third-order valence-corrected chi connectivity index (χ3v) is 12.6. The van der Waals surface area contributed by atoms with E-state index in [0.29, 0.717) is 6.42 Å². The zero-order chi connectivity index (χ0) is 21.7. The Hall–Kier alpha value is -1.70. The second-order valence-corrected chi connectivity index (χ2v) is 15.4. The maximum Gasteiger partial charge on any atom is 0.348 e. The van der Waals surface area contributed by atoms with Crippen molar-refractivity contribution in [2.45, 2.75) is 82.0 Å². The van der Waals surface area contributed by atoms with Gasteiger partial charge in [0, 0.05) is 17.9 Å². The standard InChI is InChI=1S/C23H31NO5Si/c1-7-27-19(26)21-14-15-12-13-22(29-30(5,6)20(2,3)4)16-10-8-9-11-17(16)24(18(21)25)23(15,22)28-21/h8-11,15H,7,12-14H2,1-6H3/t15-,21+,22?,23+/m0/s1. The van der Waals surface area contributed by atoms with E-state index in [2.05, 4.69) is 39.9 Å². The molecule has 1 spiro atoms. The summed E-state index contributed by atoms with van der Waals surface area (Å²) < 4.78 is 19.2. The van der Waals surface area contributed by atoms with Crippen LogP contribution in [0.5, 0.6) is 0 Å². The number of carbonyl (C=O) groups is 2. The molecule has 1 unspecified atom stereocenters. The summed E-state index contributed by atoms with van der Waals surface area (Å²) in [7, 11) is -2.23. The number of piperidine rings is 1. The van der Waals surface area contributed by atoms with Crippen LogP contribution in [0.4, 0.5) is 5.69 Å². The maximum absolute atomic E-state index is 13.7. The number of hydrogen-bond acceptors (Lipinski definition) is 5. The van der Waals surface area contributed by atoms with Gasteiger partial charge in [0.2, 0.25) is 5.60 Å². The van der Waals surface area contributed by atoms with Crippen LogP contribution < -0.4 is 4.90 Å². The first-order chi connectivity index (χ1) is 14.0. The van der Waals surface area contributed by atoms with Crippen molar-refractivity contribution in [3.05, 3.63) is 29.8 Å². The molecule has 1 aromatic rings. The second-order valence-electron chi connectivity index (χ2n) is 10.6. The molecule has 2 saturated heterocycles. The molecule has 5 rings (SSSR count). The number of hydrogen-bond donors (Lipinski definition) is 0. The highest BCUT2D eigenvalue weighted by Crippen LogP contribution is 2.73. The number of carbonyl (C=O) groups excluding carboxylic acids is 2. The van der Waals surface area contributed by atoms with Crippen LogP contribution in [0.15, 0.2) is 24.3 Å². The lowest BCUT2D eigenvalue weighted by Crippen LogP contribution is -2.62. The summed E-state index contributed by atoms with van der Waals surface area (Å²) in [5.74, 6) is -0.823. The van der Waals surface area contributed by atoms with Crippen LogP contribution in [0, 0.1) is 5.92 Å². The van der Waals surface area contributed by atoms with Gasteiger partial charge in [-0.2, -0.15) is 0 Å². The molecule has 7 heteroatoms. The van der Waals surface area contributed by atoms with Gasteiger partial charge in [-0.15, -0.1) is 0 Å². The molecule has 1 aliphatic carbocycles. The molecule has 6 nitrogen and oxygen atoms in total. The topological polar surface area (TPSA) is 65.1 Å². The summed E-state index contributed by atoms with van der Waals surface area (Å²) in [6, 6.07) is 7.96. The molecule has 1 amide bonds. The molecule has 162 valence electrons. The Kier molecular flexibility index (Phi) is 3.87. The molecule has 0 N–H and O–H groups in total. The molecule has 4 atom stereocenters. The van der Waals surface area contributed by atoms with Gasteiger partial charge < -0.3 is 13.9 Å². The van der Waals surface area contributed by atoms with E-state index in [1.165, 1.54) is 0 Å². The van der Waals surface area contributed by atoms with Gasteiger partial charge in [0.15, 0.2) is 14.0 Å². The minimum absolute atomic E-state index is 0.00170. The minimum Gasteiger partial charge on any atom is -0.463 e. The van der Waals surface area contributed by atoms with E-state index >= 15 is 0 Å². The van der Waals surface area contributed by atoms with Gasteiger partial charge in [0.25, 0.3) is 5.91 Å². The van der Waals surface area contributed by atoms with Crippen molar-refractivity contribution in [3.8, 4) is 0 Å². The fourth-order valence-corrected chi connectivity index (χ4v) is 7.40. The highest BCUT2D eigenvalue weighted by atomic mass is 28.4. The summed E-state index contributed by atoms with van der Waals surface area (Å²) in [6.45, 7) is 13.1. The maximum atomic E-state index is 13.7. The second kappa shape index (κ2) is 5.75. The van der Waals surface area contributed by atoms with Crippen LogP contribution in [-0.4, -0.2) is 38.1 Å². The van der Waals surface area contributed by atoms with Crippen LogP contribution in [0.1, 0.15) is 52.5 Å². The van der Waals surface area contributed by atoms with Crippen molar-refractivity contribution in [3.63, 3.8) is 0 Å². The molecule has 1 saturated carbocycles. The molecule has 0 aromatic heterocycles. The molecular formula is C23H31NO5Si. The number of benzene rings is 1. The van der Waals surface area contributed by atoms with Crippen molar-refractivity contribution in [1.82, 2.24) is 0 Å². The van der Waals surface area contributed by atoms with Crippen LogP contribution in [0.2, 0.25) is 18.1 Å². The quantitative estimate of drug-likeness (QED) is 0.410. The van der Waals surface area contributed by atoms with Crippen molar-refractivity contribution < 1.29 is 23.5 Å².